The lowest BCUT2D eigenvalue weighted by molar-refractivity contribution is -0.119. The lowest BCUT2D eigenvalue weighted by atomic mass is 9.94. The highest BCUT2D eigenvalue weighted by molar-refractivity contribution is 6.09. The van der Waals surface area contributed by atoms with E-state index in [1.807, 2.05) is 42.5 Å². The van der Waals surface area contributed by atoms with Crippen LogP contribution in [0.4, 0.5) is 17.1 Å². The predicted molar refractivity (Wildman–Crippen MR) is 219 cm³/mol. The van der Waals surface area contributed by atoms with E-state index in [0.717, 1.165) is 11.1 Å². The first kappa shape index (κ1) is 40.9. The lowest BCUT2D eigenvalue weighted by Crippen LogP contribution is -2.25. The molecule has 0 aromatic heterocycles. The summed E-state index contributed by atoms with van der Waals surface area (Å²) in [5.41, 5.74) is 5.26. The SMILES string of the molecule is C/C(=C\c1ccccc1)C(=O)Cc1ccc(C(=O)CC(CC#N)C(=O)Nc2ccc(C(=O)Nc3ccc(C(=O)Nc4ccc(C)c(O)c4C)c(O)c3C)cc2)cc1. The fourth-order valence-corrected chi connectivity index (χ4v) is 6.05. The molecule has 0 bridgehead atoms. The number of allylic oxidation sites excluding steroid dienone is 1. The number of phenolic OH excluding ortho intramolecular Hbond substituents is 2. The number of benzene rings is 5. The van der Waals surface area contributed by atoms with Crippen LogP contribution in [0.2, 0.25) is 0 Å². The van der Waals surface area contributed by atoms with Crippen molar-refractivity contribution < 1.29 is 34.2 Å². The number of ketones is 2. The summed E-state index contributed by atoms with van der Waals surface area (Å²) in [5, 5.41) is 38.6. The third-order valence-corrected chi connectivity index (χ3v) is 9.62. The first-order valence-corrected chi connectivity index (χ1v) is 18.2. The Labute approximate surface area is 330 Å². The molecule has 0 aliphatic heterocycles. The second kappa shape index (κ2) is 18.3. The van der Waals surface area contributed by atoms with E-state index in [2.05, 4.69) is 16.0 Å². The number of Topliss-reactive ketones (excluding diaryl/α,β-unsaturated/α-hetero) is 2. The highest BCUT2D eigenvalue weighted by Gasteiger charge is 2.24. The Morgan fingerprint density at radius 2 is 1.30 bits per heavy atom. The summed E-state index contributed by atoms with van der Waals surface area (Å²) < 4.78 is 0. The number of amides is 3. The highest BCUT2D eigenvalue weighted by Crippen LogP contribution is 2.32. The zero-order valence-corrected chi connectivity index (χ0v) is 32.0. The molecule has 5 aromatic carbocycles. The Kier molecular flexibility index (Phi) is 13.1. The van der Waals surface area contributed by atoms with Crippen molar-refractivity contribution in [2.24, 2.45) is 5.92 Å². The average Bonchev–Trinajstić information content (AvgIpc) is 3.20. The molecule has 0 fully saturated rings. The molecule has 288 valence electrons. The van der Waals surface area contributed by atoms with E-state index >= 15 is 0 Å². The molecule has 5 rings (SSSR count). The Hall–Kier alpha value is -7.32. The summed E-state index contributed by atoms with van der Waals surface area (Å²) in [6.07, 6.45) is 1.59. The number of rotatable bonds is 14. The number of hydrogen-bond donors (Lipinski definition) is 5. The highest BCUT2D eigenvalue weighted by atomic mass is 16.3. The van der Waals surface area contributed by atoms with Gasteiger partial charge in [0.05, 0.1) is 17.6 Å². The zero-order valence-electron chi connectivity index (χ0n) is 32.0. The zero-order chi connectivity index (χ0) is 41.2. The molecule has 0 heterocycles. The van der Waals surface area contributed by atoms with Crippen molar-refractivity contribution in [2.45, 2.75) is 47.0 Å². The van der Waals surface area contributed by atoms with Gasteiger partial charge in [0, 0.05) is 58.6 Å². The molecule has 0 saturated heterocycles. The van der Waals surface area contributed by atoms with E-state index in [9.17, 15) is 39.4 Å². The van der Waals surface area contributed by atoms with Crippen molar-refractivity contribution in [1.29, 1.82) is 5.26 Å². The fourth-order valence-electron chi connectivity index (χ4n) is 6.05. The number of hydrogen-bond acceptors (Lipinski definition) is 8. The van der Waals surface area contributed by atoms with Crippen LogP contribution in [-0.4, -0.2) is 39.5 Å². The van der Waals surface area contributed by atoms with Gasteiger partial charge < -0.3 is 26.2 Å². The van der Waals surface area contributed by atoms with Crippen molar-refractivity contribution in [3.05, 3.63) is 153 Å². The van der Waals surface area contributed by atoms with E-state index in [1.165, 1.54) is 36.4 Å². The van der Waals surface area contributed by atoms with Gasteiger partial charge in [-0.15, -0.1) is 0 Å². The maximum absolute atomic E-state index is 13.2. The van der Waals surface area contributed by atoms with Crippen molar-refractivity contribution in [3.8, 4) is 17.6 Å². The molecule has 1 unspecified atom stereocenters. The molecule has 5 N–H and O–H groups in total. The van der Waals surface area contributed by atoms with Gasteiger partial charge in [-0.3, -0.25) is 24.0 Å². The van der Waals surface area contributed by atoms with Crippen LogP contribution in [-0.2, 0) is 16.0 Å². The van der Waals surface area contributed by atoms with Crippen LogP contribution in [0.1, 0.15) is 78.7 Å². The molecule has 3 amide bonds. The Morgan fingerprint density at radius 1 is 0.702 bits per heavy atom. The van der Waals surface area contributed by atoms with Gasteiger partial charge in [0.2, 0.25) is 5.91 Å². The normalized spacial score (nSPS) is 11.5. The van der Waals surface area contributed by atoms with Crippen molar-refractivity contribution in [3.63, 3.8) is 0 Å². The largest absolute Gasteiger partial charge is 0.507 e. The van der Waals surface area contributed by atoms with Gasteiger partial charge in [0.1, 0.15) is 11.5 Å². The summed E-state index contributed by atoms with van der Waals surface area (Å²) in [5.74, 6) is -3.22. The second-order valence-electron chi connectivity index (χ2n) is 13.7. The summed E-state index contributed by atoms with van der Waals surface area (Å²) in [4.78, 5) is 65.2. The van der Waals surface area contributed by atoms with E-state index < -0.39 is 23.6 Å². The minimum Gasteiger partial charge on any atom is -0.507 e. The van der Waals surface area contributed by atoms with E-state index in [1.54, 1.807) is 64.1 Å². The molecule has 0 aliphatic rings. The number of nitriles is 1. The molecule has 57 heavy (non-hydrogen) atoms. The standard InChI is InChI=1S/C46H42N4O7/c1-27-10-20-38(29(3)42(27)53)50-46(57)37-19-21-39(30(4)43(37)54)49-44(55)34-15-17-36(18-16-34)48-45(56)35(22-23-47)26-41(52)33-13-11-32(12-14-33)25-40(51)28(2)24-31-8-6-5-7-9-31/h5-21,24,35,53-54H,22,25-26H2,1-4H3,(H,48,56)(H,49,55)(H,50,57)/b28-24+. The van der Waals surface area contributed by atoms with E-state index in [4.69, 9.17) is 0 Å². The molecule has 0 radical (unpaired) electrons. The van der Waals surface area contributed by atoms with Gasteiger partial charge >= 0.3 is 0 Å². The van der Waals surface area contributed by atoms with Crippen LogP contribution < -0.4 is 16.0 Å². The molecule has 1 atom stereocenters. The third kappa shape index (κ3) is 10.3. The van der Waals surface area contributed by atoms with Crippen LogP contribution >= 0.6 is 0 Å². The molecule has 0 spiro atoms. The topological polar surface area (TPSA) is 186 Å². The van der Waals surface area contributed by atoms with Gasteiger partial charge in [-0.1, -0.05) is 60.7 Å². The molecular formula is C46H42N4O7. The quantitative estimate of drug-likeness (QED) is 0.0551. The first-order valence-electron chi connectivity index (χ1n) is 18.2. The van der Waals surface area contributed by atoms with Crippen LogP contribution in [0.3, 0.4) is 0 Å². The van der Waals surface area contributed by atoms with Gasteiger partial charge in [-0.25, -0.2) is 0 Å². The molecule has 0 aliphatic carbocycles. The first-order chi connectivity index (χ1) is 27.2. The number of nitrogens with one attached hydrogen (secondary N) is 3. The summed E-state index contributed by atoms with van der Waals surface area (Å²) >= 11 is 0. The Bertz CT molecular complexity index is 2410. The van der Waals surface area contributed by atoms with Gasteiger partial charge in [-0.05, 0) is 98.5 Å². The minimum atomic E-state index is -0.939. The smallest absolute Gasteiger partial charge is 0.259 e. The van der Waals surface area contributed by atoms with E-state index in [-0.39, 0.29) is 64.7 Å². The van der Waals surface area contributed by atoms with Crippen LogP contribution in [0.25, 0.3) is 6.08 Å². The summed E-state index contributed by atoms with van der Waals surface area (Å²) in [6.45, 7) is 6.72. The molecule has 11 nitrogen and oxygen atoms in total. The van der Waals surface area contributed by atoms with Gasteiger partial charge in [-0.2, -0.15) is 5.26 Å². The number of aromatic hydroxyl groups is 2. The van der Waals surface area contributed by atoms with Crippen molar-refractivity contribution >= 4 is 52.4 Å². The summed E-state index contributed by atoms with van der Waals surface area (Å²) in [7, 11) is 0. The molecule has 5 aromatic rings. The number of carbonyl (C=O) groups excluding carboxylic acids is 5. The van der Waals surface area contributed by atoms with Crippen LogP contribution in [0, 0.1) is 38.0 Å². The number of nitrogens with zero attached hydrogens (tertiary/aromatic N) is 1. The third-order valence-electron chi connectivity index (χ3n) is 9.62. The van der Waals surface area contributed by atoms with Gasteiger partial charge in [0.25, 0.3) is 11.8 Å². The second-order valence-corrected chi connectivity index (χ2v) is 13.7. The average molecular weight is 763 g/mol. The maximum atomic E-state index is 13.2. The number of aryl methyl sites for hydroxylation is 1. The van der Waals surface area contributed by atoms with Gasteiger partial charge in [0.15, 0.2) is 11.6 Å². The van der Waals surface area contributed by atoms with Crippen molar-refractivity contribution in [2.75, 3.05) is 16.0 Å². The fraction of sp³-hybridized carbons (Fsp3) is 0.174. The van der Waals surface area contributed by atoms with Crippen LogP contribution in [0.15, 0.2) is 109 Å². The lowest BCUT2D eigenvalue weighted by Gasteiger charge is -2.15. The number of anilines is 3. The molecule has 11 heteroatoms. The Balaban J connectivity index is 1.16. The predicted octanol–water partition coefficient (Wildman–Crippen LogP) is 8.48. The molecular weight excluding hydrogens is 721 g/mol. The monoisotopic (exact) mass is 762 g/mol. The molecule has 0 saturated carbocycles. The number of phenols is 2. The van der Waals surface area contributed by atoms with Crippen LogP contribution in [0.5, 0.6) is 11.5 Å². The maximum Gasteiger partial charge on any atom is 0.259 e. The van der Waals surface area contributed by atoms with E-state index in [0.29, 0.717) is 33.6 Å². The minimum absolute atomic E-state index is 0.0225. The number of carbonyl (C=O) groups is 5. The Morgan fingerprint density at radius 3 is 1.95 bits per heavy atom. The van der Waals surface area contributed by atoms with Crippen molar-refractivity contribution in [1.82, 2.24) is 0 Å². The summed E-state index contributed by atoms with van der Waals surface area (Å²) in [6, 6.07) is 30.3.